The molecule has 1 unspecified atom stereocenters. The zero-order valence-electron chi connectivity index (χ0n) is 9.87. The van der Waals surface area contributed by atoms with Crippen LogP contribution in [0.1, 0.15) is 38.5 Å². The van der Waals surface area contributed by atoms with Gasteiger partial charge in [0.15, 0.2) is 0 Å². The predicted molar refractivity (Wildman–Crippen MR) is 56.9 cm³/mol. The summed E-state index contributed by atoms with van der Waals surface area (Å²) in [6.45, 7) is 0.230. The van der Waals surface area contributed by atoms with E-state index in [2.05, 4.69) is 0 Å². The first-order chi connectivity index (χ1) is 8.31. The molecule has 1 fully saturated rings. The summed E-state index contributed by atoms with van der Waals surface area (Å²) in [5, 5.41) is 8.99. The van der Waals surface area contributed by atoms with Crippen LogP contribution in [0.3, 0.4) is 0 Å². The number of amides is 1. The zero-order chi connectivity index (χ0) is 13.8. The molecule has 0 aromatic rings. The molecule has 0 aliphatic carbocycles. The van der Waals surface area contributed by atoms with E-state index in [0.717, 1.165) is 11.3 Å². The van der Waals surface area contributed by atoms with E-state index in [1.165, 1.54) is 0 Å². The van der Waals surface area contributed by atoms with E-state index in [-0.39, 0.29) is 6.54 Å². The van der Waals surface area contributed by atoms with E-state index in [1.807, 2.05) is 0 Å². The molecule has 4 nitrogen and oxygen atoms in total. The second kappa shape index (κ2) is 6.06. The second-order valence-corrected chi connectivity index (χ2v) is 4.41. The highest BCUT2D eigenvalue weighted by molar-refractivity contribution is 5.83. The summed E-state index contributed by atoms with van der Waals surface area (Å²) in [6, 6.07) is -0.978. The minimum atomic E-state index is -4.39. The van der Waals surface area contributed by atoms with E-state index in [4.69, 9.17) is 5.11 Å². The highest BCUT2D eigenvalue weighted by Gasteiger charge is 2.33. The molecular formula is C11H16F3NO3. The van der Waals surface area contributed by atoms with E-state index in [9.17, 15) is 22.8 Å². The fraction of sp³-hybridized carbons (Fsp3) is 0.818. The van der Waals surface area contributed by atoms with Crippen LogP contribution in [0.4, 0.5) is 13.2 Å². The third-order valence-electron chi connectivity index (χ3n) is 2.98. The highest BCUT2D eigenvalue weighted by atomic mass is 19.4. The number of hydrogen-bond donors (Lipinski definition) is 1. The Hall–Kier alpha value is -1.27. The van der Waals surface area contributed by atoms with Crippen molar-refractivity contribution >= 4 is 11.9 Å². The summed E-state index contributed by atoms with van der Waals surface area (Å²) in [7, 11) is 0. The van der Waals surface area contributed by atoms with E-state index in [1.54, 1.807) is 0 Å². The van der Waals surface area contributed by atoms with Crippen molar-refractivity contribution in [3.8, 4) is 0 Å². The van der Waals surface area contributed by atoms with Crippen molar-refractivity contribution < 1.29 is 27.9 Å². The second-order valence-electron chi connectivity index (χ2n) is 4.41. The molecule has 1 N–H and O–H groups in total. The van der Waals surface area contributed by atoms with Crippen LogP contribution < -0.4 is 0 Å². The van der Waals surface area contributed by atoms with Crippen LogP contribution in [-0.2, 0) is 9.59 Å². The quantitative estimate of drug-likeness (QED) is 0.852. The number of hydrogen-bond acceptors (Lipinski definition) is 2. The molecule has 1 saturated heterocycles. The van der Waals surface area contributed by atoms with Crippen LogP contribution in [0.15, 0.2) is 0 Å². The van der Waals surface area contributed by atoms with E-state index in [0.29, 0.717) is 19.3 Å². The SMILES string of the molecule is O=C(O)C1CCCCCN1C(=O)CCC(F)(F)F. The molecule has 0 bridgehead atoms. The molecule has 1 amide bonds. The Bertz CT molecular complexity index is 317. The number of rotatable bonds is 3. The van der Waals surface area contributed by atoms with Crippen molar-refractivity contribution in [3.63, 3.8) is 0 Å². The summed E-state index contributed by atoms with van der Waals surface area (Å²) in [4.78, 5) is 23.8. The fourth-order valence-electron chi connectivity index (χ4n) is 2.06. The van der Waals surface area contributed by atoms with Gasteiger partial charge in [-0.2, -0.15) is 13.2 Å². The first-order valence-corrected chi connectivity index (χ1v) is 5.90. The van der Waals surface area contributed by atoms with Gasteiger partial charge in [0.2, 0.25) is 5.91 Å². The smallest absolute Gasteiger partial charge is 0.389 e. The summed E-state index contributed by atoms with van der Waals surface area (Å²) >= 11 is 0. The first-order valence-electron chi connectivity index (χ1n) is 5.90. The van der Waals surface area contributed by atoms with Crippen molar-refractivity contribution in [1.82, 2.24) is 4.90 Å². The molecule has 1 aliphatic heterocycles. The van der Waals surface area contributed by atoms with Gasteiger partial charge in [-0.05, 0) is 12.8 Å². The van der Waals surface area contributed by atoms with Gasteiger partial charge in [-0.15, -0.1) is 0 Å². The van der Waals surface area contributed by atoms with Crippen molar-refractivity contribution in [3.05, 3.63) is 0 Å². The van der Waals surface area contributed by atoms with Gasteiger partial charge in [-0.1, -0.05) is 12.8 Å². The van der Waals surface area contributed by atoms with Gasteiger partial charge >= 0.3 is 12.1 Å². The lowest BCUT2D eigenvalue weighted by Gasteiger charge is -2.27. The number of aliphatic carboxylic acids is 1. The zero-order valence-corrected chi connectivity index (χ0v) is 9.87. The average molecular weight is 267 g/mol. The van der Waals surface area contributed by atoms with Crippen LogP contribution in [0, 0.1) is 0 Å². The minimum absolute atomic E-state index is 0.230. The number of nitrogens with zero attached hydrogens (tertiary/aromatic N) is 1. The molecule has 0 aromatic heterocycles. The van der Waals surface area contributed by atoms with Gasteiger partial charge in [0, 0.05) is 13.0 Å². The lowest BCUT2D eigenvalue weighted by molar-refractivity contribution is -0.155. The Labute approximate surface area is 103 Å². The molecular weight excluding hydrogens is 251 g/mol. The van der Waals surface area contributed by atoms with Crippen molar-refractivity contribution in [2.75, 3.05) is 6.54 Å². The molecule has 1 rings (SSSR count). The Kier molecular flexibility index (Phi) is 4.98. The Morgan fingerprint density at radius 3 is 2.44 bits per heavy atom. The molecule has 7 heteroatoms. The number of alkyl halides is 3. The van der Waals surface area contributed by atoms with Crippen molar-refractivity contribution in [2.45, 2.75) is 50.7 Å². The number of carboxylic acids is 1. The fourth-order valence-corrected chi connectivity index (χ4v) is 2.06. The third kappa shape index (κ3) is 4.54. The van der Waals surface area contributed by atoms with Crippen molar-refractivity contribution in [2.24, 2.45) is 0 Å². The first kappa shape index (κ1) is 14.8. The molecule has 0 saturated carbocycles. The lowest BCUT2D eigenvalue weighted by Crippen LogP contribution is -2.44. The number of carbonyl (C=O) groups excluding carboxylic acids is 1. The summed E-state index contributed by atoms with van der Waals surface area (Å²) < 4.78 is 36.1. The van der Waals surface area contributed by atoms with Gasteiger partial charge in [-0.3, -0.25) is 4.79 Å². The van der Waals surface area contributed by atoms with Crippen LogP contribution in [0.2, 0.25) is 0 Å². The number of carboxylic acid groups (broad SMARTS) is 1. The Balaban J connectivity index is 2.64. The third-order valence-corrected chi connectivity index (χ3v) is 2.98. The van der Waals surface area contributed by atoms with Gasteiger partial charge in [0.05, 0.1) is 6.42 Å². The Morgan fingerprint density at radius 2 is 1.89 bits per heavy atom. The summed E-state index contributed by atoms with van der Waals surface area (Å²) in [6.07, 6.45) is -3.83. The van der Waals surface area contributed by atoms with E-state index >= 15 is 0 Å². The largest absolute Gasteiger partial charge is 0.480 e. The van der Waals surface area contributed by atoms with Gasteiger partial charge < -0.3 is 10.0 Å². The lowest BCUT2D eigenvalue weighted by atomic mass is 10.1. The van der Waals surface area contributed by atoms with Gasteiger partial charge in [0.1, 0.15) is 6.04 Å². The predicted octanol–water partition coefficient (Wildman–Crippen LogP) is 2.18. The summed E-state index contributed by atoms with van der Waals surface area (Å²) in [5.74, 6) is -1.86. The van der Waals surface area contributed by atoms with Crippen LogP contribution in [-0.4, -0.2) is 40.6 Å². The maximum absolute atomic E-state index is 12.0. The van der Waals surface area contributed by atoms with Crippen LogP contribution in [0.25, 0.3) is 0 Å². The number of halogens is 3. The molecule has 1 aliphatic rings. The molecule has 104 valence electrons. The molecule has 1 atom stereocenters. The number of carbonyl (C=O) groups is 2. The molecule has 0 aromatic carbocycles. The molecule has 1 heterocycles. The standard InChI is InChI=1S/C11H16F3NO3/c12-11(13,14)6-5-9(16)15-7-3-1-2-4-8(15)10(17)18/h8H,1-7H2,(H,17,18). The molecule has 0 spiro atoms. The number of likely N-dealkylation sites (tertiary alicyclic amines) is 1. The topological polar surface area (TPSA) is 57.6 Å². The molecule has 0 radical (unpaired) electrons. The summed E-state index contributed by atoms with van der Waals surface area (Å²) in [5.41, 5.74) is 0. The van der Waals surface area contributed by atoms with Gasteiger partial charge in [-0.25, -0.2) is 4.79 Å². The highest BCUT2D eigenvalue weighted by Crippen LogP contribution is 2.24. The van der Waals surface area contributed by atoms with Crippen LogP contribution in [0.5, 0.6) is 0 Å². The minimum Gasteiger partial charge on any atom is -0.480 e. The molecule has 18 heavy (non-hydrogen) atoms. The maximum atomic E-state index is 12.0. The van der Waals surface area contributed by atoms with Crippen molar-refractivity contribution in [1.29, 1.82) is 0 Å². The van der Waals surface area contributed by atoms with Gasteiger partial charge in [0.25, 0.3) is 0 Å². The normalized spacial score (nSPS) is 21.5. The monoisotopic (exact) mass is 267 g/mol. The average Bonchev–Trinajstić information content (AvgIpc) is 2.49. The van der Waals surface area contributed by atoms with Crippen LogP contribution >= 0.6 is 0 Å². The maximum Gasteiger partial charge on any atom is 0.389 e. The van der Waals surface area contributed by atoms with E-state index < -0.39 is 36.9 Å². The Morgan fingerprint density at radius 1 is 1.22 bits per heavy atom.